The van der Waals surface area contributed by atoms with E-state index in [0.717, 1.165) is 19.5 Å². The molecular formula is C7H15NO. The van der Waals surface area contributed by atoms with E-state index >= 15 is 0 Å². The van der Waals surface area contributed by atoms with E-state index in [9.17, 15) is 0 Å². The summed E-state index contributed by atoms with van der Waals surface area (Å²) in [6.45, 7) is 6.34. The van der Waals surface area contributed by atoms with Crippen molar-refractivity contribution in [2.45, 2.75) is 32.5 Å². The minimum absolute atomic E-state index is 0.391. The van der Waals surface area contributed by atoms with E-state index in [1.54, 1.807) is 0 Å². The lowest BCUT2D eigenvalue weighted by Gasteiger charge is -2.12. The summed E-state index contributed by atoms with van der Waals surface area (Å²) in [7, 11) is 0. The van der Waals surface area contributed by atoms with Crippen LogP contribution in [0.1, 0.15) is 20.3 Å². The molecule has 2 nitrogen and oxygen atoms in total. The van der Waals surface area contributed by atoms with E-state index in [-0.39, 0.29) is 0 Å². The number of hydrogen-bond acceptors (Lipinski definition) is 2. The van der Waals surface area contributed by atoms with Gasteiger partial charge in [-0.1, -0.05) is 0 Å². The summed E-state index contributed by atoms with van der Waals surface area (Å²) < 4.78 is 5.55. The summed E-state index contributed by atoms with van der Waals surface area (Å²) in [5, 5.41) is 3.30. The fourth-order valence-corrected chi connectivity index (χ4v) is 1.12. The Morgan fingerprint density at radius 1 is 1.33 bits per heavy atom. The van der Waals surface area contributed by atoms with Gasteiger partial charge >= 0.3 is 0 Å². The molecule has 0 spiro atoms. The van der Waals surface area contributed by atoms with Crippen LogP contribution in [0, 0.1) is 0 Å². The molecular weight excluding hydrogens is 114 g/mol. The molecule has 1 fully saturated rings. The number of rotatable bonds is 0. The smallest absolute Gasteiger partial charge is 0.0674 e. The fourth-order valence-electron chi connectivity index (χ4n) is 1.12. The van der Waals surface area contributed by atoms with Gasteiger partial charge in [0.05, 0.1) is 12.2 Å². The van der Waals surface area contributed by atoms with Crippen LogP contribution in [0.4, 0.5) is 0 Å². The van der Waals surface area contributed by atoms with Gasteiger partial charge in [0.1, 0.15) is 0 Å². The zero-order chi connectivity index (χ0) is 6.69. The monoisotopic (exact) mass is 129 g/mol. The highest BCUT2D eigenvalue weighted by Crippen LogP contribution is 2.03. The van der Waals surface area contributed by atoms with Crippen molar-refractivity contribution >= 4 is 0 Å². The normalized spacial score (nSPS) is 38.0. The van der Waals surface area contributed by atoms with Gasteiger partial charge in [0.15, 0.2) is 0 Å². The van der Waals surface area contributed by atoms with Crippen molar-refractivity contribution in [1.29, 1.82) is 0 Å². The third kappa shape index (κ3) is 2.33. The molecule has 1 N–H and O–H groups in total. The molecule has 0 aliphatic carbocycles. The van der Waals surface area contributed by atoms with E-state index < -0.39 is 0 Å². The van der Waals surface area contributed by atoms with Crippen LogP contribution in [0.3, 0.4) is 0 Å². The van der Waals surface area contributed by atoms with E-state index in [0.29, 0.717) is 12.2 Å². The molecule has 0 aromatic heterocycles. The maximum Gasteiger partial charge on any atom is 0.0674 e. The molecule has 0 aromatic rings. The predicted molar refractivity (Wildman–Crippen MR) is 37.5 cm³/mol. The molecule has 0 amide bonds. The van der Waals surface area contributed by atoms with Crippen LogP contribution in [0.25, 0.3) is 0 Å². The molecule has 54 valence electrons. The van der Waals surface area contributed by atoms with E-state index in [2.05, 4.69) is 19.2 Å². The summed E-state index contributed by atoms with van der Waals surface area (Å²) in [5.74, 6) is 0. The molecule has 1 saturated heterocycles. The molecule has 1 rings (SSSR count). The van der Waals surface area contributed by atoms with E-state index in [4.69, 9.17) is 4.74 Å². The highest BCUT2D eigenvalue weighted by atomic mass is 16.5. The summed E-state index contributed by atoms with van der Waals surface area (Å²) in [4.78, 5) is 0. The van der Waals surface area contributed by atoms with Crippen molar-refractivity contribution in [2.75, 3.05) is 13.1 Å². The predicted octanol–water partition coefficient (Wildman–Crippen LogP) is 0.773. The molecule has 1 aliphatic heterocycles. The van der Waals surface area contributed by atoms with Crippen molar-refractivity contribution < 1.29 is 4.74 Å². The first-order chi connectivity index (χ1) is 4.29. The Kier molecular flexibility index (Phi) is 2.49. The number of hydrogen-bond donors (Lipinski definition) is 1. The van der Waals surface area contributed by atoms with Gasteiger partial charge < -0.3 is 10.1 Å². The Bertz CT molecular complexity index is 75.0. The molecule has 1 heterocycles. The van der Waals surface area contributed by atoms with Gasteiger partial charge in [-0.15, -0.1) is 0 Å². The molecule has 0 saturated carbocycles. The largest absolute Gasteiger partial charge is 0.374 e. The zero-order valence-corrected chi connectivity index (χ0v) is 6.18. The highest BCUT2D eigenvalue weighted by molar-refractivity contribution is 4.64. The maximum atomic E-state index is 5.55. The van der Waals surface area contributed by atoms with Crippen molar-refractivity contribution in [3.05, 3.63) is 0 Å². The third-order valence-corrected chi connectivity index (χ3v) is 1.62. The van der Waals surface area contributed by atoms with Gasteiger partial charge in [-0.2, -0.15) is 0 Å². The Balaban J connectivity index is 2.29. The molecule has 0 bridgehead atoms. The first-order valence-corrected chi connectivity index (χ1v) is 3.65. The second-order valence-electron chi connectivity index (χ2n) is 2.75. The van der Waals surface area contributed by atoms with Gasteiger partial charge in [0.2, 0.25) is 0 Å². The second-order valence-corrected chi connectivity index (χ2v) is 2.75. The van der Waals surface area contributed by atoms with Gasteiger partial charge in [-0.25, -0.2) is 0 Å². The summed E-state index contributed by atoms with van der Waals surface area (Å²) in [6.07, 6.45) is 1.97. The average molecular weight is 129 g/mol. The van der Waals surface area contributed by atoms with Crippen LogP contribution < -0.4 is 5.32 Å². The summed E-state index contributed by atoms with van der Waals surface area (Å²) in [6, 6.07) is 0. The molecule has 0 aromatic carbocycles. The van der Waals surface area contributed by atoms with Crippen molar-refractivity contribution in [2.24, 2.45) is 0 Å². The maximum absolute atomic E-state index is 5.55. The Hall–Kier alpha value is -0.0800. The first-order valence-electron chi connectivity index (χ1n) is 3.65. The second kappa shape index (κ2) is 3.18. The van der Waals surface area contributed by atoms with Gasteiger partial charge in [0.25, 0.3) is 0 Å². The third-order valence-electron chi connectivity index (χ3n) is 1.62. The van der Waals surface area contributed by atoms with Crippen LogP contribution in [-0.4, -0.2) is 25.3 Å². The highest BCUT2D eigenvalue weighted by Gasteiger charge is 2.11. The summed E-state index contributed by atoms with van der Waals surface area (Å²) >= 11 is 0. The van der Waals surface area contributed by atoms with Crippen LogP contribution in [0.15, 0.2) is 0 Å². The first kappa shape index (κ1) is 7.03. The standard InChI is InChI=1S/C7H15NO/c1-6-3-4-8-5-7(2)9-6/h6-8H,3-5H2,1-2H3/t6-,7-/m0/s1. The molecule has 2 atom stereocenters. The number of nitrogens with one attached hydrogen (secondary N) is 1. The Morgan fingerprint density at radius 3 is 2.89 bits per heavy atom. The van der Waals surface area contributed by atoms with Gasteiger partial charge in [-0.3, -0.25) is 0 Å². The van der Waals surface area contributed by atoms with Crippen LogP contribution >= 0.6 is 0 Å². The lowest BCUT2D eigenvalue weighted by Crippen LogP contribution is -2.23. The average Bonchev–Trinajstić information content (AvgIpc) is 1.93. The van der Waals surface area contributed by atoms with Crippen molar-refractivity contribution in [3.8, 4) is 0 Å². The van der Waals surface area contributed by atoms with Crippen LogP contribution in [0.5, 0.6) is 0 Å². The molecule has 9 heavy (non-hydrogen) atoms. The summed E-state index contributed by atoms with van der Waals surface area (Å²) in [5.41, 5.74) is 0. The zero-order valence-electron chi connectivity index (χ0n) is 6.18. The van der Waals surface area contributed by atoms with Gasteiger partial charge in [0, 0.05) is 6.54 Å². The van der Waals surface area contributed by atoms with E-state index in [1.807, 2.05) is 0 Å². The van der Waals surface area contributed by atoms with Crippen LogP contribution in [0.2, 0.25) is 0 Å². The lowest BCUT2D eigenvalue weighted by molar-refractivity contribution is 0.0202. The van der Waals surface area contributed by atoms with Crippen LogP contribution in [-0.2, 0) is 4.74 Å². The topological polar surface area (TPSA) is 21.3 Å². The van der Waals surface area contributed by atoms with Crippen molar-refractivity contribution in [1.82, 2.24) is 5.32 Å². The SMILES string of the molecule is C[C@H]1CCNC[C@H](C)O1. The van der Waals surface area contributed by atoms with E-state index in [1.165, 1.54) is 0 Å². The Morgan fingerprint density at radius 2 is 2.11 bits per heavy atom. The Labute approximate surface area is 56.6 Å². The number of ether oxygens (including phenoxy) is 1. The lowest BCUT2D eigenvalue weighted by atomic mass is 10.3. The van der Waals surface area contributed by atoms with Gasteiger partial charge in [-0.05, 0) is 26.8 Å². The minimum atomic E-state index is 0.391. The van der Waals surface area contributed by atoms with Crippen molar-refractivity contribution in [3.63, 3.8) is 0 Å². The fraction of sp³-hybridized carbons (Fsp3) is 1.00. The molecule has 1 aliphatic rings. The minimum Gasteiger partial charge on any atom is -0.374 e. The molecule has 2 heteroatoms. The molecule has 0 radical (unpaired) electrons. The molecule has 0 unspecified atom stereocenters. The quantitative estimate of drug-likeness (QED) is 0.521.